The summed E-state index contributed by atoms with van der Waals surface area (Å²) in [5.41, 5.74) is 2.61. The average molecular weight is 172 g/mol. The van der Waals surface area contributed by atoms with E-state index in [0.29, 0.717) is 6.04 Å². The fraction of sp³-hybridized carbons (Fsp3) is 0.875. The number of hydrogen-bond acceptors (Lipinski definition) is 2. The fourth-order valence-electron chi connectivity index (χ4n) is 1.13. The summed E-state index contributed by atoms with van der Waals surface area (Å²) in [7, 11) is 0. The molecule has 0 aromatic heterocycles. The van der Waals surface area contributed by atoms with Gasteiger partial charge in [-0.2, -0.15) is 0 Å². The van der Waals surface area contributed by atoms with Crippen molar-refractivity contribution in [2.45, 2.75) is 33.7 Å². The van der Waals surface area contributed by atoms with Crippen LogP contribution in [0.2, 0.25) is 0 Å². The Kier molecular flexibility index (Phi) is 5.45. The van der Waals surface area contributed by atoms with E-state index in [1.54, 1.807) is 0 Å². The van der Waals surface area contributed by atoms with Gasteiger partial charge in [0, 0.05) is 19.1 Å². The molecule has 0 aliphatic carbocycles. The Labute approximate surface area is 74.8 Å². The van der Waals surface area contributed by atoms with E-state index >= 15 is 0 Å². The van der Waals surface area contributed by atoms with Crippen LogP contribution < -0.4 is 11.3 Å². The number of rotatable bonds is 3. The normalized spacial score (nSPS) is 12.0. The first-order valence-electron chi connectivity index (χ1n) is 4.45. The van der Waals surface area contributed by atoms with Gasteiger partial charge < -0.3 is 4.90 Å². The lowest BCUT2D eigenvalue weighted by Crippen LogP contribution is -2.47. The molecule has 0 saturated heterocycles. The summed E-state index contributed by atoms with van der Waals surface area (Å²) < 4.78 is 0. The van der Waals surface area contributed by atoms with Gasteiger partial charge in [0.25, 0.3) is 0 Å². The second-order valence-corrected chi connectivity index (χ2v) is 2.82. The molecular weight excluding hydrogens is 152 g/mol. The lowest BCUT2D eigenvalue weighted by atomic mass is 10.3. The van der Waals surface area contributed by atoms with E-state index in [4.69, 9.17) is 5.84 Å². The van der Waals surface area contributed by atoms with Crippen LogP contribution in [0.25, 0.3) is 0 Å². The van der Waals surface area contributed by atoms with Crippen molar-refractivity contribution in [1.29, 1.82) is 0 Å². The Balaban J connectivity index is 4.33. The highest BCUT2D eigenvalue weighted by atomic mass is 15.4. The third-order valence-corrected chi connectivity index (χ3v) is 1.67. The molecule has 0 aromatic carbocycles. The Bertz CT molecular complexity index is 142. The number of guanidine groups is 1. The van der Waals surface area contributed by atoms with Gasteiger partial charge in [-0.25, -0.2) is 5.84 Å². The van der Waals surface area contributed by atoms with Crippen molar-refractivity contribution < 1.29 is 0 Å². The molecule has 0 unspecified atom stereocenters. The van der Waals surface area contributed by atoms with E-state index in [9.17, 15) is 0 Å². The molecule has 0 radical (unpaired) electrons. The number of nitrogens with zero attached hydrogens (tertiary/aromatic N) is 2. The summed E-state index contributed by atoms with van der Waals surface area (Å²) in [6, 6.07) is 0.427. The molecule has 0 bridgehead atoms. The van der Waals surface area contributed by atoms with Crippen molar-refractivity contribution >= 4 is 5.96 Å². The maximum atomic E-state index is 5.35. The van der Waals surface area contributed by atoms with Crippen LogP contribution in [0.4, 0.5) is 0 Å². The van der Waals surface area contributed by atoms with Gasteiger partial charge >= 0.3 is 0 Å². The summed E-state index contributed by atoms with van der Waals surface area (Å²) in [5.74, 6) is 6.12. The summed E-state index contributed by atoms with van der Waals surface area (Å²) in [6.45, 7) is 9.98. The first-order chi connectivity index (χ1) is 5.67. The number of hydrazine groups is 1. The molecule has 72 valence electrons. The summed E-state index contributed by atoms with van der Waals surface area (Å²) >= 11 is 0. The first kappa shape index (κ1) is 11.2. The Hall–Kier alpha value is -0.770. The van der Waals surface area contributed by atoms with E-state index in [1.165, 1.54) is 0 Å². The molecule has 0 rings (SSSR count). The minimum Gasteiger partial charge on any atom is -0.340 e. The lowest BCUT2D eigenvalue weighted by molar-refractivity contribution is 0.353. The predicted octanol–water partition coefficient (Wildman–Crippen LogP) is 0.556. The van der Waals surface area contributed by atoms with Gasteiger partial charge in [0.15, 0.2) is 0 Å². The highest BCUT2D eigenvalue weighted by Crippen LogP contribution is 1.97. The van der Waals surface area contributed by atoms with E-state index in [0.717, 1.165) is 19.0 Å². The quantitative estimate of drug-likeness (QED) is 0.283. The molecule has 4 nitrogen and oxygen atoms in total. The standard InChI is InChI=1S/C8H20N4/c1-5-10-8(11-9)12(6-2)7(3)4/h7H,5-6,9H2,1-4H3,(H,10,11). The molecule has 0 aliphatic rings. The van der Waals surface area contributed by atoms with Crippen LogP contribution in [-0.2, 0) is 0 Å². The molecule has 0 aromatic rings. The SMILES string of the molecule is CCN=C(NN)N(CC)C(C)C. The molecule has 0 heterocycles. The molecule has 3 N–H and O–H groups in total. The average Bonchev–Trinajstić information content (AvgIpc) is 2.03. The number of nitrogens with one attached hydrogen (secondary N) is 1. The van der Waals surface area contributed by atoms with Crippen LogP contribution in [0.1, 0.15) is 27.7 Å². The molecule has 0 spiro atoms. The van der Waals surface area contributed by atoms with Gasteiger partial charge in [-0.15, -0.1) is 0 Å². The third-order valence-electron chi connectivity index (χ3n) is 1.67. The lowest BCUT2D eigenvalue weighted by Gasteiger charge is -2.27. The van der Waals surface area contributed by atoms with E-state index < -0.39 is 0 Å². The van der Waals surface area contributed by atoms with Crippen LogP contribution in [0.3, 0.4) is 0 Å². The zero-order valence-electron chi connectivity index (χ0n) is 8.46. The van der Waals surface area contributed by atoms with Crippen molar-refractivity contribution in [2.24, 2.45) is 10.8 Å². The summed E-state index contributed by atoms with van der Waals surface area (Å²) in [6.07, 6.45) is 0. The van der Waals surface area contributed by atoms with E-state index in [2.05, 4.69) is 36.1 Å². The smallest absolute Gasteiger partial charge is 0.208 e. The molecule has 4 heteroatoms. The van der Waals surface area contributed by atoms with Crippen LogP contribution in [0, 0.1) is 0 Å². The van der Waals surface area contributed by atoms with Crippen molar-refractivity contribution in [2.75, 3.05) is 13.1 Å². The third kappa shape index (κ3) is 3.09. The Morgan fingerprint density at radius 1 is 1.50 bits per heavy atom. The van der Waals surface area contributed by atoms with Gasteiger partial charge in [0.05, 0.1) is 0 Å². The number of nitrogens with two attached hydrogens (primary N) is 1. The second kappa shape index (κ2) is 5.83. The highest BCUT2D eigenvalue weighted by Gasteiger charge is 2.10. The van der Waals surface area contributed by atoms with E-state index in [-0.39, 0.29) is 0 Å². The second-order valence-electron chi connectivity index (χ2n) is 2.82. The van der Waals surface area contributed by atoms with Gasteiger partial charge in [-0.3, -0.25) is 10.4 Å². The molecular formula is C8H20N4. The molecule has 12 heavy (non-hydrogen) atoms. The first-order valence-corrected chi connectivity index (χ1v) is 4.45. The largest absolute Gasteiger partial charge is 0.340 e. The van der Waals surface area contributed by atoms with Crippen molar-refractivity contribution in [3.05, 3.63) is 0 Å². The molecule has 0 atom stereocenters. The van der Waals surface area contributed by atoms with Gasteiger partial charge in [0.2, 0.25) is 5.96 Å². The van der Waals surface area contributed by atoms with Gasteiger partial charge in [-0.05, 0) is 27.7 Å². The predicted molar refractivity (Wildman–Crippen MR) is 52.8 cm³/mol. The minimum absolute atomic E-state index is 0.427. The Morgan fingerprint density at radius 2 is 2.08 bits per heavy atom. The highest BCUT2D eigenvalue weighted by molar-refractivity contribution is 5.79. The van der Waals surface area contributed by atoms with Crippen molar-refractivity contribution in [3.63, 3.8) is 0 Å². The Morgan fingerprint density at radius 3 is 2.33 bits per heavy atom. The molecule has 0 saturated carbocycles. The molecule has 0 aliphatic heterocycles. The molecule has 0 fully saturated rings. The summed E-state index contributed by atoms with van der Waals surface area (Å²) in [5, 5.41) is 0. The van der Waals surface area contributed by atoms with Crippen molar-refractivity contribution in [3.8, 4) is 0 Å². The van der Waals surface area contributed by atoms with Crippen LogP contribution in [-0.4, -0.2) is 30.0 Å². The number of aliphatic imine (C=N–C) groups is 1. The fourth-order valence-corrected chi connectivity index (χ4v) is 1.13. The zero-order chi connectivity index (χ0) is 9.56. The maximum absolute atomic E-state index is 5.35. The zero-order valence-corrected chi connectivity index (χ0v) is 8.46. The topological polar surface area (TPSA) is 53.6 Å². The van der Waals surface area contributed by atoms with E-state index in [1.807, 2.05) is 6.92 Å². The number of hydrogen-bond donors (Lipinski definition) is 2. The molecule has 0 amide bonds. The minimum atomic E-state index is 0.427. The maximum Gasteiger partial charge on any atom is 0.208 e. The van der Waals surface area contributed by atoms with Crippen LogP contribution >= 0.6 is 0 Å². The van der Waals surface area contributed by atoms with Crippen LogP contribution in [0.15, 0.2) is 4.99 Å². The monoisotopic (exact) mass is 172 g/mol. The van der Waals surface area contributed by atoms with Gasteiger partial charge in [-0.1, -0.05) is 0 Å². The van der Waals surface area contributed by atoms with Gasteiger partial charge in [0.1, 0.15) is 0 Å². The summed E-state index contributed by atoms with van der Waals surface area (Å²) in [4.78, 5) is 6.36. The van der Waals surface area contributed by atoms with Crippen molar-refractivity contribution in [1.82, 2.24) is 10.3 Å². The van der Waals surface area contributed by atoms with Crippen LogP contribution in [0.5, 0.6) is 0 Å².